The molecule has 2 heterocycles. The third-order valence-electron chi connectivity index (χ3n) is 3.11. The number of β-amino-alcohol motifs (C(OH)–C–C–N with tert-alkyl or cyclic N) is 1. The number of nitrogens with one attached hydrogen (secondary N) is 1. The molecule has 0 bridgehead atoms. The molecule has 0 spiro atoms. The zero-order chi connectivity index (χ0) is 14.0. The molecule has 1 fully saturated rings. The third kappa shape index (κ3) is 2.84. The van der Waals surface area contributed by atoms with Gasteiger partial charge in [0.25, 0.3) is 0 Å². The number of aliphatic carboxylic acids is 1. The van der Waals surface area contributed by atoms with Crippen LogP contribution in [0.4, 0.5) is 4.79 Å². The molecule has 2 rings (SSSR count). The molecule has 1 aliphatic rings. The lowest BCUT2D eigenvalue weighted by Crippen LogP contribution is -2.46. The van der Waals surface area contributed by atoms with Gasteiger partial charge in [-0.05, 0) is 0 Å². The Morgan fingerprint density at radius 3 is 2.95 bits per heavy atom. The number of nitrogens with zero attached hydrogens (tertiary/aromatic N) is 3. The van der Waals surface area contributed by atoms with Gasteiger partial charge in [-0.2, -0.15) is 5.10 Å². The third-order valence-corrected chi connectivity index (χ3v) is 3.11. The number of carbonyl (C=O) groups is 2. The fourth-order valence-corrected chi connectivity index (χ4v) is 2.18. The number of carbonyl (C=O) groups excluding carboxylic acids is 1. The van der Waals surface area contributed by atoms with Crippen molar-refractivity contribution in [3.05, 3.63) is 18.0 Å². The molecule has 8 nitrogen and oxygen atoms in total. The number of hydrogen-bond donors (Lipinski definition) is 3. The van der Waals surface area contributed by atoms with Crippen LogP contribution in [0.3, 0.4) is 0 Å². The fourth-order valence-electron chi connectivity index (χ4n) is 2.18. The topological polar surface area (TPSA) is 110 Å². The van der Waals surface area contributed by atoms with Gasteiger partial charge in [0, 0.05) is 31.8 Å². The van der Waals surface area contributed by atoms with Crippen LogP contribution in [0.15, 0.2) is 12.4 Å². The molecule has 2 atom stereocenters. The summed E-state index contributed by atoms with van der Waals surface area (Å²) in [5.41, 5.74) is 0.822. The highest BCUT2D eigenvalue weighted by Crippen LogP contribution is 2.20. The normalized spacial score (nSPS) is 22.5. The monoisotopic (exact) mass is 268 g/mol. The van der Waals surface area contributed by atoms with Crippen molar-refractivity contribution in [1.29, 1.82) is 0 Å². The summed E-state index contributed by atoms with van der Waals surface area (Å²) >= 11 is 0. The van der Waals surface area contributed by atoms with Crippen LogP contribution in [0.25, 0.3) is 0 Å². The highest BCUT2D eigenvalue weighted by Gasteiger charge is 2.40. The van der Waals surface area contributed by atoms with Crippen molar-refractivity contribution in [2.24, 2.45) is 0 Å². The summed E-state index contributed by atoms with van der Waals surface area (Å²) in [5, 5.41) is 25.0. The van der Waals surface area contributed by atoms with Crippen LogP contribution >= 0.6 is 0 Å². The van der Waals surface area contributed by atoms with Crippen LogP contribution in [0.1, 0.15) is 12.0 Å². The predicted octanol–water partition coefficient (Wildman–Crippen LogP) is -0.519. The number of rotatable bonds is 3. The van der Waals surface area contributed by atoms with Gasteiger partial charge < -0.3 is 20.0 Å². The van der Waals surface area contributed by atoms with E-state index in [1.165, 1.54) is 9.80 Å². The van der Waals surface area contributed by atoms with Gasteiger partial charge in [-0.25, -0.2) is 9.59 Å². The molecule has 2 amide bonds. The maximum Gasteiger partial charge on any atom is 0.326 e. The molecule has 0 aromatic carbocycles. The molecule has 0 aliphatic carbocycles. The number of aliphatic hydroxyl groups excluding tert-OH is 1. The highest BCUT2D eigenvalue weighted by molar-refractivity contribution is 5.83. The second-order valence-corrected chi connectivity index (χ2v) is 4.64. The van der Waals surface area contributed by atoms with E-state index < -0.39 is 24.1 Å². The molecule has 104 valence electrons. The Morgan fingerprint density at radius 2 is 2.37 bits per heavy atom. The average Bonchev–Trinajstić information content (AvgIpc) is 2.97. The Morgan fingerprint density at radius 1 is 1.63 bits per heavy atom. The number of H-pyrrole nitrogens is 1. The van der Waals surface area contributed by atoms with Gasteiger partial charge in [0.1, 0.15) is 6.04 Å². The largest absolute Gasteiger partial charge is 0.480 e. The van der Waals surface area contributed by atoms with Crippen molar-refractivity contribution < 1.29 is 19.8 Å². The quantitative estimate of drug-likeness (QED) is 0.683. The van der Waals surface area contributed by atoms with Crippen LogP contribution in [-0.2, 0) is 11.3 Å². The molecule has 1 aliphatic heterocycles. The molecule has 0 saturated carbocycles. The fraction of sp³-hybridized carbons (Fsp3) is 0.545. The molecular formula is C11H16N4O4. The van der Waals surface area contributed by atoms with Crippen molar-refractivity contribution in [1.82, 2.24) is 20.0 Å². The van der Waals surface area contributed by atoms with E-state index in [9.17, 15) is 14.7 Å². The molecule has 3 N–H and O–H groups in total. The number of aliphatic hydroxyl groups is 1. The molecule has 19 heavy (non-hydrogen) atoms. The van der Waals surface area contributed by atoms with E-state index in [4.69, 9.17) is 5.11 Å². The summed E-state index contributed by atoms with van der Waals surface area (Å²) in [5.74, 6) is -1.10. The smallest absolute Gasteiger partial charge is 0.326 e. The van der Waals surface area contributed by atoms with Crippen LogP contribution in [0, 0.1) is 0 Å². The molecule has 0 radical (unpaired) electrons. The molecule has 1 saturated heterocycles. The first-order valence-electron chi connectivity index (χ1n) is 5.89. The van der Waals surface area contributed by atoms with Crippen molar-refractivity contribution in [2.75, 3.05) is 13.6 Å². The number of hydrogen-bond acceptors (Lipinski definition) is 4. The van der Waals surface area contributed by atoms with Crippen LogP contribution in [-0.4, -0.2) is 67.9 Å². The van der Waals surface area contributed by atoms with E-state index in [1.807, 2.05) is 0 Å². The number of likely N-dealkylation sites (tertiary alicyclic amines) is 1. The van der Waals surface area contributed by atoms with E-state index in [0.717, 1.165) is 5.56 Å². The van der Waals surface area contributed by atoms with Crippen molar-refractivity contribution in [2.45, 2.75) is 25.1 Å². The van der Waals surface area contributed by atoms with E-state index in [2.05, 4.69) is 10.2 Å². The van der Waals surface area contributed by atoms with Crippen LogP contribution in [0.5, 0.6) is 0 Å². The summed E-state index contributed by atoms with van der Waals surface area (Å²) in [7, 11) is 1.58. The summed E-state index contributed by atoms with van der Waals surface area (Å²) in [6, 6.07) is -1.38. The second kappa shape index (κ2) is 5.27. The molecule has 8 heteroatoms. The average molecular weight is 268 g/mol. The van der Waals surface area contributed by atoms with E-state index in [0.29, 0.717) is 6.54 Å². The summed E-state index contributed by atoms with van der Waals surface area (Å²) in [6.45, 7) is 0.375. The van der Waals surface area contributed by atoms with E-state index >= 15 is 0 Å². The number of aromatic amines is 1. The van der Waals surface area contributed by atoms with Crippen molar-refractivity contribution >= 4 is 12.0 Å². The van der Waals surface area contributed by atoms with Gasteiger partial charge in [-0.3, -0.25) is 5.10 Å². The van der Waals surface area contributed by atoms with Gasteiger partial charge in [0.2, 0.25) is 0 Å². The summed E-state index contributed by atoms with van der Waals surface area (Å²) in [4.78, 5) is 25.8. The zero-order valence-corrected chi connectivity index (χ0v) is 10.5. The molecule has 1 aromatic heterocycles. The maximum absolute atomic E-state index is 12.2. The number of amides is 2. The van der Waals surface area contributed by atoms with Crippen LogP contribution < -0.4 is 0 Å². The second-order valence-electron chi connectivity index (χ2n) is 4.64. The maximum atomic E-state index is 12.2. The Bertz CT molecular complexity index is 461. The van der Waals surface area contributed by atoms with Gasteiger partial charge in [-0.15, -0.1) is 0 Å². The Labute approximate surface area is 109 Å². The van der Waals surface area contributed by atoms with Crippen molar-refractivity contribution in [3.63, 3.8) is 0 Å². The van der Waals surface area contributed by atoms with Gasteiger partial charge in [0.05, 0.1) is 18.8 Å². The lowest BCUT2D eigenvalue weighted by molar-refractivity contribution is -0.141. The Kier molecular flexibility index (Phi) is 3.70. The van der Waals surface area contributed by atoms with E-state index in [1.54, 1.807) is 19.4 Å². The number of carboxylic acids is 1. The van der Waals surface area contributed by atoms with E-state index in [-0.39, 0.29) is 13.0 Å². The lowest BCUT2D eigenvalue weighted by Gasteiger charge is -2.27. The minimum absolute atomic E-state index is 0.0471. The number of aromatic nitrogens is 2. The number of urea groups is 1. The molecule has 0 unspecified atom stereocenters. The van der Waals surface area contributed by atoms with Gasteiger partial charge in [-0.1, -0.05) is 0 Å². The predicted molar refractivity (Wildman–Crippen MR) is 64.2 cm³/mol. The standard InChI is InChI=1S/C11H16N4O4/c1-14(5-7-3-12-13-4-7)11(19)15-6-8(16)2-9(15)10(17)18/h3-4,8-9,16H,2,5-6H2,1H3,(H,12,13)(H,17,18)/t8-,9-/m1/s1. The lowest BCUT2D eigenvalue weighted by atomic mass is 10.2. The zero-order valence-electron chi connectivity index (χ0n) is 10.5. The number of carboxylic acid groups (broad SMARTS) is 1. The van der Waals surface area contributed by atoms with Crippen molar-refractivity contribution in [3.8, 4) is 0 Å². The first-order chi connectivity index (χ1) is 8.99. The Balaban J connectivity index is 2.03. The summed E-state index contributed by atoms with van der Waals surface area (Å²) in [6.07, 6.45) is 2.54. The Hall–Kier alpha value is -2.09. The van der Waals surface area contributed by atoms with Crippen LogP contribution in [0.2, 0.25) is 0 Å². The molecular weight excluding hydrogens is 252 g/mol. The SMILES string of the molecule is CN(Cc1cn[nH]c1)C(=O)N1C[C@H](O)C[C@@H]1C(=O)O. The minimum Gasteiger partial charge on any atom is -0.480 e. The highest BCUT2D eigenvalue weighted by atomic mass is 16.4. The minimum atomic E-state index is -1.10. The first-order valence-corrected chi connectivity index (χ1v) is 5.89. The summed E-state index contributed by atoms with van der Waals surface area (Å²) < 4.78 is 0. The molecule has 1 aromatic rings. The van der Waals surface area contributed by atoms with Gasteiger partial charge in [0.15, 0.2) is 0 Å². The van der Waals surface area contributed by atoms with Gasteiger partial charge >= 0.3 is 12.0 Å². The first kappa shape index (κ1) is 13.3.